The number of rotatable bonds is 11. The van der Waals surface area contributed by atoms with Gasteiger partial charge in [0.05, 0.1) is 25.5 Å². The SMILES string of the molecule is CCNC(=NCc1cccc(OCCN2CCOCC2)c1)NCc1c(CC)noc1CC. The molecule has 1 aromatic heterocycles. The number of nitrogens with one attached hydrogen (secondary N) is 2. The number of ether oxygens (including phenoxy) is 2. The van der Waals surface area contributed by atoms with Gasteiger partial charge < -0.3 is 24.6 Å². The summed E-state index contributed by atoms with van der Waals surface area (Å²) in [5.41, 5.74) is 3.25. The van der Waals surface area contributed by atoms with E-state index < -0.39 is 0 Å². The van der Waals surface area contributed by atoms with Gasteiger partial charge in [0.2, 0.25) is 0 Å². The minimum Gasteiger partial charge on any atom is -0.492 e. The molecule has 1 aliphatic heterocycles. The van der Waals surface area contributed by atoms with Gasteiger partial charge in [-0.1, -0.05) is 31.1 Å². The predicted molar refractivity (Wildman–Crippen MR) is 126 cm³/mol. The van der Waals surface area contributed by atoms with Crippen molar-refractivity contribution >= 4 is 5.96 Å². The highest BCUT2D eigenvalue weighted by molar-refractivity contribution is 5.79. The Bertz CT molecular complexity index is 824. The first-order valence-corrected chi connectivity index (χ1v) is 11.7. The van der Waals surface area contributed by atoms with Crippen LogP contribution in [-0.4, -0.2) is 62.0 Å². The average Bonchev–Trinajstić information content (AvgIpc) is 3.24. The molecule has 3 rings (SSSR count). The van der Waals surface area contributed by atoms with Crippen molar-refractivity contribution in [3.8, 4) is 5.75 Å². The van der Waals surface area contributed by atoms with Crippen molar-refractivity contribution in [3.63, 3.8) is 0 Å². The summed E-state index contributed by atoms with van der Waals surface area (Å²) in [4.78, 5) is 7.13. The van der Waals surface area contributed by atoms with Crippen LogP contribution in [0.3, 0.4) is 0 Å². The molecule has 1 saturated heterocycles. The highest BCUT2D eigenvalue weighted by Crippen LogP contribution is 2.16. The van der Waals surface area contributed by atoms with Crippen LogP contribution >= 0.6 is 0 Å². The van der Waals surface area contributed by atoms with Crippen LogP contribution in [0.5, 0.6) is 5.75 Å². The molecule has 2 aromatic rings. The summed E-state index contributed by atoms with van der Waals surface area (Å²) in [7, 11) is 0. The minimum atomic E-state index is 0.570. The Morgan fingerprint density at radius 3 is 2.75 bits per heavy atom. The molecule has 2 heterocycles. The Hall–Kier alpha value is -2.58. The van der Waals surface area contributed by atoms with Crippen molar-refractivity contribution in [1.82, 2.24) is 20.7 Å². The smallest absolute Gasteiger partial charge is 0.191 e. The topological polar surface area (TPSA) is 84.2 Å². The van der Waals surface area contributed by atoms with Gasteiger partial charge in [-0.25, -0.2) is 4.99 Å². The zero-order valence-corrected chi connectivity index (χ0v) is 19.7. The van der Waals surface area contributed by atoms with Gasteiger partial charge in [0, 0.05) is 44.7 Å². The van der Waals surface area contributed by atoms with Crippen molar-refractivity contribution < 1.29 is 14.0 Å². The number of hydrogen-bond acceptors (Lipinski definition) is 6. The largest absolute Gasteiger partial charge is 0.492 e. The molecule has 0 atom stereocenters. The van der Waals surface area contributed by atoms with E-state index in [1.165, 1.54) is 0 Å². The fraction of sp³-hybridized carbons (Fsp3) is 0.583. The highest BCUT2D eigenvalue weighted by atomic mass is 16.5. The molecular weight excluding hydrogens is 406 g/mol. The Morgan fingerprint density at radius 1 is 1.16 bits per heavy atom. The Kier molecular flexibility index (Phi) is 9.84. The summed E-state index contributed by atoms with van der Waals surface area (Å²) in [6, 6.07) is 8.16. The van der Waals surface area contributed by atoms with E-state index in [1.807, 2.05) is 12.1 Å². The molecule has 0 saturated carbocycles. The standard InChI is InChI=1S/C24H37N5O3/c1-4-22-21(23(5-2)32-28-22)18-27-24(25-6-3)26-17-19-8-7-9-20(16-19)31-15-12-29-10-13-30-14-11-29/h7-9,16H,4-6,10-15,17-18H2,1-3H3,(H2,25,26,27). The second-order valence-corrected chi connectivity index (χ2v) is 7.74. The third-order valence-electron chi connectivity index (χ3n) is 5.48. The van der Waals surface area contributed by atoms with E-state index in [0.717, 1.165) is 86.5 Å². The fourth-order valence-electron chi connectivity index (χ4n) is 3.67. The fourth-order valence-corrected chi connectivity index (χ4v) is 3.67. The lowest BCUT2D eigenvalue weighted by molar-refractivity contribution is 0.0322. The highest BCUT2D eigenvalue weighted by Gasteiger charge is 2.14. The van der Waals surface area contributed by atoms with Gasteiger partial charge in [0.15, 0.2) is 5.96 Å². The number of aliphatic imine (C=N–C) groups is 1. The van der Waals surface area contributed by atoms with E-state index in [2.05, 4.69) is 53.6 Å². The zero-order chi connectivity index (χ0) is 22.6. The number of aryl methyl sites for hydroxylation is 2. The normalized spacial score (nSPS) is 15.0. The van der Waals surface area contributed by atoms with Gasteiger partial charge in [-0.2, -0.15) is 0 Å². The number of nitrogens with zero attached hydrogens (tertiary/aromatic N) is 3. The van der Waals surface area contributed by atoms with Crippen LogP contribution in [0.2, 0.25) is 0 Å². The maximum atomic E-state index is 5.97. The first kappa shape index (κ1) is 24.1. The number of morpholine rings is 1. The average molecular weight is 444 g/mol. The summed E-state index contributed by atoms with van der Waals surface area (Å²) in [6.45, 7) is 13.4. The lowest BCUT2D eigenvalue weighted by Crippen LogP contribution is -2.38. The molecule has 0 spiro atoms. The Balaban J connectivity index is 1.54. The van der Waals surface area contributed by atoms with Crippen molar-refractivity contribution in [2.24, 2.45) is 4.99 Å². The first-order valence-electron chi connectivity index (χ1n) is 11.7. The molecule has 1 fully saturated rings. The van der Waals surface area contributed by atoms with Gasteiger partial charge >= 0.3 is 0 Å². The van der Waals surface area contributed by atoms with E-state index >= 15 is 0 Å². The van der Waals surface area contributed by atoms with Gasteiger partial charge in [0.1, 0.15) is 18.1 Å². The summed E-state index contributed by atoms with van der Waals surface area (Å²) < 4.78 is 16.8. The van der Waals surface area contributed by atoms with Crippen molar-refractivity contribution in [1.29, 1.82) is 0 Å². The molecule has 2 N–H and O–H groups in total. The van der Waals surface area contributed by atoms with E-state index in [4.69, 9.17) is 19.0 Å². The van der Waals surface area contributed by atoms with Crippen LogP contribution < -0.4 is 15.4 Å². The number of benzene rings is 1. The molecule has 0 radical (unpaired) electrons. The molecule has 0 aliphatic carbocycles. The van der Waals surface area contributed by atoms with Crippen LogP contribution in [-0.2, 0) is 30.7 Å². The summed E-state index contributed by atoms with van der Waals surface area (Å²) >= 11 is 0. The quantitative estimate of drug-likeness (QED) is 0.408. The van der Waals surface area contributed by atoms with Crippen LogP contribution in [0.1, 0.15) is 43.4 Å². The Morgan fingerprint density at radius 2 is 2.00 bits per heavy atom. The lowest BCUT2D eigenvalue weighted by atomic mass is 10.1. The van der Waals surface area contributed by atoms with Crippen LogP contribution in [0, 0.1) is 0 Å². The molecule has 0 bridgehead atoms. The number of guanidine groups is 1. The monoisotopic (exact) mass is 443 g/mol. The maximum absolute atomic E-state index is 5.97. The molecular formula is C24H37N5O3. The van der Waals surface area contributed by atoms with Gasteiger partial charge in [-0.3, -0.25) is 4.90 Å². The third kappa shape index (κ3) is 7.24. The molecule has 8 nitrogen and oxygen atoms in total. The summed E-state index contributed by atoms with van der Waals surface area (Å²) in [5, 5.41) is 10.9. The van der Waals surface area contributed by atoms with Crippen LogP contribution in [0.25, 0.3) is 0 Å². The summed E-state index contributed by atoms with van der Waals surface area (Å²) in [6.07, 6.45) is 1.68. The van der Waals surface area contributed by atoms with E-state index in [-0.39, 0.29) is 0 Å². The molecule has 1 aromatic carbocycles. The van der Waals surface area contributed by atoms with E-state index in [0.29, 0.717) is 19.7 Å². The van der Waals surface area contributed by atoms with Crippen molar-refractivity contribution in [3.05, 3.63) is 46.8 Å². The summed E-state index contributed by atoms with van der Waals surface area (Å²) in [5.74, 6) is 2.59. The number of aromatic nitrogens is 1. The molecule has 0 unspecified atom stereocenters. The van der Waals surface area contributed by atoms with Gasteiger partial charge in [-0.15, -0.1) is 0 Å². The van der Waals surface area contributed by atoms with Crippen LogP contribution in [0.15, 0.2) is 33.8 Å². The zero-order valence-electron chi connectivity index (χ0n) is 19.7. The van der Waals surface area contributed by atoms with Crippen molar-refractivity contribution in [2.75, 3.05) is 46.0 Å². The molecule has 0 amide bonds. The lowest BCUT2D eigenvalue weighted by Gasteiger charge is -2.26. The molecule has 1 aliphatic rings. The van der Waals surface area contributed by atoms with E-state index in [9.17, 15) is 0 Å². The van der Waals surface area contributed by atoms with Crippen molar-refractivity contribution in [2.45, 2.75) is 46.7 Å². The first-order chi connectivity index (χ1) is 15.7. The van der Waals surface area contributed by atoms with Crippen LogP contribution in [0.4, 0.5) is 0 Å². The third-order valence-corrected chi connectivity index (χ3v) is 5.48. The molecule has 176 valence electrons. The molecule has 32 heavy (non-hydrogen) atoms. The second kappa shape index (κ2) is 13.1. The van der Waals surface area contributed by atoms with E-state index in [1.54, 1.807) is 0 Å². The van der Waals surface area contributed by atoms with Gasteiger partial charge in [-0.05, 0) is 31.0 Å². The second-order valence-electron chi connectivity index (χ2n) is 7.74. The minimum absolute atomic E-state index is 0.570. The maximum Gasteiger partial charge on any atom is 0.191 e. The molecule has 8 heteroatoms. The predicted octanol–water partition coefficient (Wildman–Crippen LogP) is 2.77. The Labute approximate surface area is 191 Å². The van der Waals surface area contributed by atoms with Gasteiger partial charge in [0.25, 0.3) is 0 Å². The number of hydrogen-bond donors (Lipinski definition) is 2.